The monoisotopic (exact) mass is 280 g/mol. The van der Waals surface area contributed by atoms with Crippen LogP contribution in [0.15, 0.2) is 24.3 Å². The van der Waals surface area contributed by atoms with Crippen LogP contribution in [0.2, 0.25) is 0 Å². The zero-order valence-electron chi connectivity index (χ0n) is 12.9. The van der Waals surface area contributed by atoms with Crippen molar-refractivity contribution >= 4 is 0 Å². The molecule has 0 radical (unpaired) electrons. The Morgan fingerprint density at radius 3 is 2.65 bits per heavy atom. The molecule has 0 heterocycles. The highest BCUT2D eigenvalue weighted by atomic mass is 16.5. The summed E-state index contributed by atoms with van der Waals surface area (Å²) in [5.74, 6) is 1.36. The van der Waals surface area contributed by atoms with Gasteiger partial charge in [0.15, 0.2) is 0 Å². The Morgan fingerprint density at radius 1 is 1.30 bits per heavy atom. The van der Waals surface area contributed by atoms with Crippen molar-refractivity contribution in [3.05, 3.63) is 29.8 Å². The predicted octanol–water partition coefficient (Wildman–Crippen LogP) is 1.86. The lowest BCUT2D eigenvalue weighted by molar-refractivity contribution is 0.0662. The molecule has 20 heavy (non-hydrogen) atoms. The van der Waals surface area contributed by atoms with E-state index in [0.29, 0.717) is 25.6 Å². The third-order valence-electron chi connectivity index (χ3n) is 3.12. The molecule has 1 rings (SSSR count). The molecule has 0 saturated carbocycles. The van der Waals surface area contributed by atoms with Gasteiger partial charge in [-0.25, -0.2) is 0 Å². The number of ether oxygens (including phenoxy) is 1. The second-order valence-corrected chi connectivity index (χ2v) is 5.56. The molecule has 0 aliphatic rings. The highest BCUT2D eigenvalue weighted by molar-refractivity contribution is 5.28. The lowest BCUT2D eigenvalue weighted by Gasteiger charge is -2.25. The molecule has 0 aromatic heterocycles. The normalized spacial score (nSPS) is 12.9. The Hall–Kier alpha value is -1.10. The van der Waals surface area contributed by atoms with Crippen molar-refractivity contribution in [3.63, 3.8) is 0 Å². The third-order valence-corrected chi connectivity index (χ3v) is 3.12. The minimum atomic E-state index is -0.477. The largest absolute Gasteiger partial charge is 0.491 e. The van der Waals surface area contributed by atoms with Crippen LogP contribution in [0.25, 0.3) is 0 Å². The SMILES string of the molecule is CCN(CC(C)C)CC(O)COc1cccc(CN)c1. The highest BCUT2D eigenvalue weighted by Gasteiger charge is 2.12. The van der Waals surface area contributed by atoms with Crippen LogP contribution in [-0.2, 0) is 6.54 Å². The molecular weight excluding hydrogens is 252 g/mol. The predicted molar refractivity (Wildman–Crippen MR) is 82.8 cm³/mol. The van der Waals surface area contributed by atoms with E-state index in [2.05, 4.69) is 25.7 Å². The minimum Gasteiger partial charge on any atom is -0.491 e. The lowest BCUT2D eigenvalue weighted by atomic mass is 10.2. The van der Waals surface area contributed by atoms with Crippen molar-refractivity contribution in [2.75, 3.05) is 26.2 Å². The summed E-state index contributed by atoms with van der Waals surface area (Å²) < 4.78 is 5.63. The average molecular weight is 280 g/mol. The van der Waals surface area contributed by atoms with E-state index >= 15 is 0 Å². The van der Waals surface area contributed by atoms with Gasteiger partial charge in [-0.05, 0) is 30.2 Å². The van der Waals surface area contributed by atoms with Gasteiger partial charge in [0.25, 0.3) is 0 Å². The van der Waals surface area contributed by atoms with Crippen LogP contribution >= 0.6 is 0 Å². The molecule has 0 saturated heterocycles. The summed E-state index contributed by atoms with van der Waals surface area (Å²) in [4.78, 5) is 2.25. The number of aliphatic hydroxyl groups is 1. The third kappa shape index (κ3) is 6.37. The zero-order valence-corrected chi connectivity index (χ0v) is 12.9. The summed E-state index contributed by atoms with van der Waals surface area (Å²) >= 11 is 0. The number of rotatable bonds is 9. The van der Waals surface area contributed by atoms with Crippen LogP contribution in [0.4, 0.5) is 0 Å². The minimum absolute atomic E-state index is 0.308. The van der Waals surface area contributed by atoms with Crippen LogP contribution in [0.3, 0.4) is 0 Å². The molecule has 0 bridgehead atoms. The number of nitrogens with two attached hydrogens (primary N) is 1. The maximum absolute atomic E-state index is 10.1. The van der Waals surface area contributed by atoms with Crippen LogP contribution in [0.1, 0.15) is 26.3 Å². The maximum Gasteiger partial charge on any atom is 0.119 e. The fourth-order valence-corrected chi connectivity index (χ4v) is 2.15. The molecule has 0 amide bonds. The first-order valence-electron chi connectivity index (χ1n) is 7.37. The summed E-state index contributed by atoms with van der Waals surface area (Å²) in [6.45, 7) is 9.87. The number of hydrogen-bond donors (Lipinski definition) is 2. The van der Waals surface area contributed by atoms with Gasteiger partial charge >= 0.3 is 0 Å². The van der Waals surface area contributed by atoms with Crippen LogP contribution < -0.4 is 10.5 Å². The topological polar surface area (TPSA) is 58.7 Å². The first-order chi connectivity index (χ1) is 9.55. The summed E-state index contributed by atoms with van der Waals surface area (Å²) in [5.41, 5.74) is 6.63. The van der Waals surface area contributed by atoms with Crippen molar-refractivity contribution in [1.29, 1.82) is 0 Å². The van der Waals surface area contributed by atoms with E-state index < -0.39 is 6.10 Å². The van der Waals surface area contributed by atoms with Gasteiger partial charge in [-0.1, -0.05) is 32.9 Å². The first-order valence-corrected chi connectivity index (χ1v) is 7.37. The van der Waals surface area contributed by atoms with Crippen LogP contribution in [0.5, 0.6) is 5.75 Å². The average Bonchev–Trinajstić information content (AvgIpc) is 2.44. The molecule has 0 aliphatic heterocycles. The van der Waals surface area contributed by atoms with Gasteiger partial charge in [0.1, 0.15) is 18.5 Å². The highest BCUT2D eigenvalue weighted by Crippen LogP contribution is 2.13. The Labute approximate surface area is 122 Å². The zero-order chi connectivity index (χ0) is 15.0. The number of benzene rings is 1. The molecule has 0 fully saturated rings. The van der Waals surface area contributed by atoms with E-state index in [-0.39, 0.29) is 0 Å². The fourth-order valence-electron chi connectivity index (χ4n) is 2.15. The van der Waals surface area contributed by atoms with E-state index in [1.807, 2.05) is 24.3 Å². The van der Waals surface area contributed by atoms with Gasteiger partial charge in [-0.3, -0.25) is 0 Å². The van der Waals surface area contributed by atoms with Crippen LogP contribution in [0, 0.1) is 5.92 Å². The van der Waals surface area contributed by atoms with E-state index in [0.717, 1.165) is 24.4 Å². The maximum atomic E-state index is 10.1. The summed E-state index contributed by atoms with van der Waals surface area (Å²) in [5, 5.41) is 10.1. The van der Waals surface area contributed by atoms with Crippen molar-refractivity contribution in [1.82, 2.24) is 4.90 Å². The standard InChI is InChI=1S/C16H28N2O2/c1-4-18(10-13(2)3)11-15(19)12-20-16-7-5-6-14(8-16)9-17/h5-8,13,15,19H,4,9-12,17H2,1-3H3. The first kappa shape index (κ1) is 17.0. The van der Waals surface area contributed by atoms with Gasteiger partial charge in [0, 0.05) is 19.6 Å². The smallest absolute Gasteiger partial charge is 0.119 e. The Morgan fingerprint density at radius 2 is 2.05 bits per heavy atom. The molecular formula is C16H28N2O2. The van der Waals surface area contributed by atoms with Crippen LogP contribution in [-0.4, -0.2) is 42.4 Å². The molecule has 1 unspecified atom stereocenters. The second-order valence-electron chi connectivity index (χ2n) is 5.56. The Kier molecular flexibility index (Phi) is 7.59. The molecule has 4 heteroatoms. The fraction of sp³-hybridized carbons (Fsp3) is 0.625. The van der Waals surface area contributed by atoms with Gasteiger partial charge in [0.05, 0.1) is 0 Å². The molecule has 1 aromatic rings. The number of hydrogen-bond acceptors (Lipinski definition) is 4. The molecule has 1 aromatic carbocycles. The number of nitrogens with zero attached hydrogens (tertiary/aromatic N) is 1. The Balaban J connectivity index is 2.39. The summed E-state index contributed by atoms with van der Waals surface area (Å²) in [6, 6.07) is 7.68. The van der Waals surface area contributed by atoms with E-state index in [4.69, 9.17) is 10.5 Å². The summed E-state index contributed by atoms with van der Waals surface area (Å²) in [7, 11) is 0. The number of likely N-dealkylation sites (N-methyl/N-ethyl adjacent to an activating group) is 1. The lowest BCUT2D eigenvalue weighted by Crippen LogP contribution is -2.37. The van der Waals surface area contributed by atoms with Gasteiger partial charge in [0.2, 0.25) is 0 Å². The van der Waals surface area contributed by atoms with Gasteiger partial charge in [-0.15, -0.1) is 0 Å². The van der Waals surface area contributed by atoms with Crippen molar-refractivity contribution in [2.24, 2.45) is 11.7 Å². The van der Waals surface area contributed by atoms with Crippen molar-refractivity contribution in [3.8, 4) is 5.75 Å². The molecule has 0 aliphatic carbocycles. The van der Waals surface area contributed by atoms with Crippen molar-refractivity contribution in [2.45, 2.75) is 33.4 Å². The quantitative estimate of drug-likeness (QED) is 0.725. The molecule has 0 spiro atoms. The van der Waals surface area contributed by atoms with Gasteiger partial charge in [-0.2, -0.15) is 0 Å². The number of aliphatic hydroxyl groups excluding tert-OH is 1. The summed E-state index contributed by atoms with van der Waals surface area (Å²) in [6.07, 6.45) is -0.477. The van der Waals surface area contributed by atoms with Crippen molar-refractivity contribution < 1.29 is 9.84 Å². The van der Waals surface area contributed by atoms with E-state index in [9.17, 15) is 5.11 Å². The van der Waals surface area contributed by atoms with E-state index in [1.54, 1.807) is 0 Å². The molecule has 114 valence electrons. The second kappa shape index (κ2) is 8.95. The Bertz CT molecular complexity index is 382. The van der Waals surface area contributed by atoms with E-state index in [1.165, 1.54) is 0 Å². The molecule has 1 atom stereocenters. The molecule has 4 nitrogen and oxygen atoms in total. The molecule has 3 N–H and O–H groups in total. The van der Waals surface area contributed by atoms with Gasteiger partial charge < -0.3 is 20.5 Å².